The number of carboxylic acid groups (broad SMARTS) is 1. The summed E-state index contributed by atoms with van der Waals surface area (Å²) in [5, 5.41) is 10.1. The van der Waals surface area contributed by atoms with E-state index in [2.05, 4.69) is 4.98 Å². The number of anilines is 3. The maximum absolute atomic E-state index is 10.7. The first kappa shape index (κ1) is 11.9. The van der Waals surface area contributed by atoms with Gasteiger partial charge in [0.25, 0.3) is 0 Å². The van der Waals surface area contributed by atoms with Crippen LogP contribution in [0, 0.1) is 0 Å². The van der Waals surface area contributed by atoms with Gasteiger partial charge in [0.2, 0.25) is 0 Å². The van der Waals surface area contributed by atoms with Gasteiger partial charge in [0.1, 0.15) is 0 Å². The molecule has 0 unspecified atom stereocenters. The van der Waals surface area contributed by atoms with Crippen LogP contribution in [0.2, 0.25) is 0 Å². The third kappa shape index (κ3) is 2.23. The molecule has 0 radical (unpaired) electrons. The monoisotopic (exact) mass is 244 g/mol. The minimum Gasteiger partial charge on any atom is -0.478 e. The number of aromatic carboxylic acids is 1. The molecule has 0 aliphatic carbocycles. The summed E-state index contributed by atoms with van der Waals surface area (Å²) in [6.45, 7) is 0. The first-order valence-corrected chi connectivity index (χ1v) is 5.18. The number of nitrogens with zero attached hydrogens (tertiary/aromatic N) is 2. The first-order chi connectivity index (χ1) is 8.59. The van der Waals surface area contributed by atoms with Gasteiger partial charge in [-0.15, -0.1) is 0 Å². The predicted molar refractivity (Wildman–Crippen MR) is 68.4 cm³/mol. The second-order valence-electron chi connectivity index (χ2n) is 3.64. The number of hydrogen-bond acceptors (Lipinski definition) is 5. The van der Waals surface area contributed by atoms with E-state index in [-0.39, 0.29) is 5.56 Å². The fraction of sp³-hybridized carbons (Fsp3) is 0. The number of nitrogen functional groups attached to an aromatic ring is 1. The van der Waals surface area contributed by atoms with E-state index in [0.29, 0.717) is 17.2 Å². The van der Waals surface area contributed by atoms with Gasteiger partial charge < -0.3 is 10.8 Å². The Morgan fingerprint density at radius 2 is 1.89 bits per heavy atom. The second kappa shape index (κ2) is 4.72. The molecule has 0 amide bonds. The Kier molecular flexibility index (Phi) is 3.11. The largest absolute Gasteiger partial charge is 0.478 e. The van der Waals surface area contributed by atoms with Crippen LogP contribution in [0.4, 0.5) is 17.2 Å². The van der Waals surface area contributed by atoms with Crippen molar-refractivity contribution in [1.82, 2.24) is 4.98 Å². The van der Waals surface area contributed by atoms with Gasteiger partial charge in [-0.25, -0.2) is 15.6 Å². The van der Waals surface area contributed by atoms with Crippen molar-refractivity contribution in [1.29, 1.82) is 0 Å². The zero-order chi connectivity index (χ0) is 13.1. The van der Waals surface area contributed by atoms with Crippen LogP contribution in [-0.2, 0) is 0 Å². The van der Waals surface area contributed by atoms with Crippen molar-refractivity contribution in [2.45, 2.75) is 0 Å². The topological polar surface area (TPSA) is 105 Å². The van der Waals surface area contributed by atoms with Crippen molar-refractivity contribution in [3.05, 3.63) is 48.2 Å². The highest BCUT2D eigenvalue weighted by Crippen LogP contribution is 2.24. The van der Waals surface area contributed by atoms with Crippen molar-refractivity contribution < 1.29 is 9.90 Å². The molecule has 2 aromatic rings. The van der Waals surface area contributed by atoms with Crippen LogP contribution < -0.4 is 16.6 Å². The lowest BCUT2D eigenvalue weighted by Gasteiger charge is -2.18. The summed E-state index contributed by atoms with van der Waals surface area (Å²) >= 11 is 0. The quantitative estimate of drug-likeness (QED) is 0.556. The van der Waals surface area contributed by atoms with Crippen LogP contribution in [0.15, 0.2) is 42.6 Å². The number of hydrazine groups is 1. The number of benzene rings is 1. The molecule has 0 saturated heterocycles. The maximum atomic E-state index is 10.7. The Labute approximate surface area is 103 Å². The average molecular weight is 244 g/mol. The Bertz CT molecular complexity index is 569. The second-order valence-corrected chi connectivity index (χ2v) is 3.64. The smallest absolute Gasteiger partial charge is 0.335 e. The molecule has 0 aliphatic heterocycles. The van der Waals surface area contributed by atoms with Crippen LogP contribution >= 0.6 is 0 Å². The van der Waals surface area contributed by atoms with E-state index in [4.69, 9.17) is 16.7 Å². The van der Waals surface area contributed by atoms with Crippen molar-refractivity contribution in [3.8, 4) is 0 Å². The lowest BCUT2D eigenvalue weighted by molar-refractivity contribution is 0.0697. The summed E-state index contributed by atoms with van der Waals surface area (Å²) in [5.41, 5.74) is 7.00. The maximum Gasteiger partial charge on any atom is 0.335 e. The van der Waals surface area contributed by atoms with E-state index in [0.717, 1.165) is 0 Å². The first-order valence-electron chi connectivity index (χ1n) is 5.18. The van der Waals surface area contributed by atoms with Crippen LogP contribution in [0.1, 0.15) is 10.4 Å². The minimum absolute atomic E-state index is 0.196. The van der Waals surface area contributed by atoms with E-state index in [1.165, 1.54) is 17.1 Å². The standard InChI is InChI=1S/C12H12N4O2/c13-10-2-1-7-15-11(10)16(14)9-5-3-8(4-6-9)12(17)18/h1-7H,13-14H2,(H,17,18). The number of hydrogen-bond donors (Lipinski definition) is 3. The van der Waals surface area contributed by atoms with Crippen LogP contribution in [0.25, 0.3) is 0 Å². The fourth-order valence-corrected chi connectivity index (χ4v) is 1.50. The van der Waals surface area contributed by atoms with E-state index < -0.39 is 5.97 Å². The molecule has 0 bridgehead atoms. The van der Waals surface area contributed by atoms with Gasteiger partial charge in [-0.2, -0.15) is 0 Å². The number of nitrogens with two attached hydrogens (primary N) is 2. The SMILES string of the molecule is Nc1cccnc1N(N)c1ccc(C(=O)O)cc1. The molecule has 1 heterocycles. The molecule has 6 heteroatoms. The van der Waals surface area contributed by atoms with Gasteiger partial charge in [-0.05, 0) is 36.4 Å². The van der Waals surface area contributed by atoms with Gasteiger partial charge in [0.15, 0.2) is 5.82 Å². The van der Waals surface area contributed by atoms with Crippen LogP contribution in [-0.4, -0.2) is 16.1 Å². The van der Waals surface area contributed by atoms with Crippen LogP contribution in [0.5, 0.6) is 0 Å². The zero-order valence-corrected chi connectivity index (χ0v) is 9.45. The van der Waals surface area contributed by atoms with E-state index in [1.54, 1.807) is 30.5 Å². The lowest BCUT2D eigenvalue weighted by Crippen LogP contribution is -2.26. The van der Waals surface area contributed by atoms with Gasteiger partial charge in [0.05, 0.1) is 16.9 Å². The number of carboxylic acids is 1. The molecule has 1 aromatic heterocycles. The average Bonchev–Trinajstić information content (AvgIpc) is 2.38. The normalized spacial score (nSPS) is 10.1. The highest BCUT2D eigenvalue weighted by Gasteiger charge is 2.10. The summed E-state index contributed by atoms with van der Waals surface area (Å²) in [5.74, 6) is 5.32. The number of pyridine rings is 1. The summed E-state index contributed by atoms with van der Waals surface area (Å²) in [7, 11) is 0. The Balaban J connectivity index is 2.32. The molecular formula is C12H12N4O2. The summed E-state index contributed by atoms with van der Waals surface area (Å²) < 4.78 is 0. The Morgan fingerprint density at radius 3 is 2.44 bits per heavy atom. The van der Waals surface area contributed by atoms with E-state index in [1.807, 2.05) is 0 Å². The molecule has 18 heavy (non-hydrogen) atoms. The number of rotatable bonds is 3. The summed E-state index contributed by atoms with van der Waals surface area (Å²) in [4.78, 5) is 14.8. The molecular weight excluding hydrogens is 232 g/mol. The Hall–Kier alpha value is -2.60. The molecule has 92 valence electrons. The van der Waals surface area contributed by atoms with Gasteiger partial charge in [0, 0.05) is 6.20 Å². The van der Waals surface area contributed by atoms with Gasteiger partial charge >= 0.3 is 5.97 Å². The highest BCUT2D eigenvalue weighted by molar-refractivity contribution is 5.88. The molecule has 0 spiro atoms. The number of carbonyl (C=O) groups is 1. The molecule has 0 aliphatic rings. The van der Waals surface area contributed by atoms with Gasteiger partial charge in [-0.1, -0.05) is 0 Å². The molecule has 0 fully saturated rings. The predicted octanol–water partition coefficient (Wildman–Crippen LogP) is 1.37. The molecule has 1 aromatic carbocycles. The fourth-order valence-electron chi connectivity index (χ4n) is 1.50. The third-order valence-electron chi connectivity index (χ3n) is 2.44. The molecule has 2 rings (SSSR count). The van der Waals surface area contributed by atoms with Crippen LogP contribution in [0.3, 0.4) is 0 Å². The molecule has 0 saturated carbocycles. The molecule has 0 atom stereocenters. The lowest BCUT2D eigenvalue weighted by atomic mass is 10.2. The zero-order valence-electron chi connectivity index (χ0n) is 9.45. The third-order valence-corrected chi connectivity index (χ3v) is 2.44. The van der Waals surface area contributed by atoms with E-state index >= 15 is 0 Å². The van der Waals surface area contributed by atoms with Crippen molar-refractivity contribution in [3.63, 3.8) is 0 Å². The van der Waals surface area contributed by atoms with Crippen molar-refractivity contribution in [2.75, 3.05) is 10.7 Å². The summed E-state index contributed by atoms with van der Waals surface area (Å²) in [6, 6.07) is 9.52. The molecule has 6 nitrogen and oxygen atoms in total. The highest BCUT2D eigenvalue weighted by atomic mass is 16.4. The van der Waals surface area contributed by atoms with E-state index in [9.17, 15) is 4.79 Å². The van der Waals surface area contributed by atoms with Crippen molar-refractivity contribution >= 4 is 23.2 Å². The van der Waals surface area contributed by atoms with Crippen molar-refractivity contribution in [2.24, 2.45) is 5.84 Å². The number of aromatic nitrogens is 1. The summed E-state index contributed by atoms with van der Waals surface area (Å²) in [6.07, 6.45) is 1.58. The van der Waals surface area contributed by atoms with Gasteiger partial charge in [-0.3, -0.25) is 5.01 Å². The molecule has 5 N–H and O–H groups in total. The minimum atomic E-state index is -0.984. The Morgan fingerprint density at radius 1 is 1.22 bits per heavy atom.